The number of nitrogens with one attached hydrogen (secondary N) is 1. The van der Waals surface area contributed by atoms with E-state index in [0.29, 0.717) is 0 Å². The van der Waals surface area contributed by atoms with E-state index in [-0.39, 0.29) is 0 Å². The molecule has 0 amide bonds. The van der Waals surface area contributed by atoms with E-state index < -0.39 is 0 Å². The van der Waals surface area contributed by atoms with Crippen molar-refractivity contribution in [2.75, 3.05) is 38.8 Å². The molecule has 1 aromatic carbocycles. The predicted octanol–water partition coefficient (Wildman–Crippen LogP) is 2.43. The molecule has 2 rings (SSSR count). The lowest BCUT2D eigenvalue weighted by Gasteiger charge is -2.22. The molecule has 2 aromatic rings. The highest BCUT2D eigenvalue weighted by Crippen LogP contribution is 2.25. The fraction of sp³-hybridized carbons (Fsp3) is 0.438. The number of anilines is 1. The number of nitrogens with zero attached hydrogens (tertiary/aromatic N) is 2. The third-order valence-electron chi connectivity index (χ3n) is 3.29. The highest BCUT2D eigenvalue weighted by Gasteiger charge is 2.09. The van der Waals surface area contributed by atoms with Crippen LogP contribution in [0.25, 0.3) is 10.9 Å². The lowest BCUT2D eigenvalue weighted by Crippen LogP contribution is -2.23. The second kappa shape index (κ2) is 7.22. The number of hydrogen-bond acceptors (Lipinski definition) is 4. The molecule has 0 saturated carbocycles. The molecule has 0 spiro atoms. The van der Waals surface area contributed by atoms with Crippen LogP contribution in [0, 0.1) is 0 Å². The van der Waals surface area contributed by atoms with E-state index in [4.69, 9.17) is 4.74 Å². The number of ether oxygens (including phenoxy) is 1. The number of aromatic nitrogens is 1. The van der Waals surface area contributed by atoms with Gasteiger partial charge in [0.05, 0.1) is 17.8 Å². The highest BCUT2D eigenvalue weighted by molar-refractivity contribution is 5.91. The van der Waals surface area contributed by atoms with Crippen LogP contribution in [0.5, 0.6) is 0 Å². The van der Waals surface area contributed by atoms with Crippen molar-refractivity contribution in [3.8, 4) is 0 Å². The largest absolute Gasteiger partial charge is 0.380 e. The van der Waals surface area contributed by atoms with Gasteiger partial charge in [-0.15, -0.1) is 0 Å². The quantitative estimate of drug-likeness (QED) is 0.786. The first-order valence-corrected chi connectivity index (χ1v) is 7.08. The summed E-state index contributed by atoms with van der Waals surface area (Å²) in [5.41, 5.74) is 3.31. The van der Waals surface area contributed by atoms with Crippen LogP contribution in [-0.4, -0.2) is 38.8 Å². The summed E-state index contributed by atoms with van der Waals surface area (Å²) in [5, 5.41) is 4.35. The van der Waals surface area contributed by atoms with Crippen molar-refractivity contribution in [2.24, 2.45) is 0 Å². The zero-order valence-electron chi connectivity index (χ0n) is 12.5. The van der Waals surface area contributed by atoms with Crippen molar-refractivity contribution in [1.29, 1.82) is 0 Å². The van der Waals surface area contributed by atoms with Crippen molar-refractivity contribution in [2.45, 2.75) is 13.5 Å². The lowest BCUT2D eigenvalue weighted by atomic mass is 10.1. The zero-order valence-corrected chi connectivity index (χ0v) is 12.5. The van der Waals surface area contributed by atoms with Gasteiger partial charge in [-0.3, -0.25) is 4.98 Å². The highest BCUT2D eigenvalue weighted by atomic mass is 16.5. The standard InChI is InChI=1S/C16H23N3O/c1-4-20-10-9-19(3)16-11-13(12-17-2)18-15-8-6-5-7-14(15)16/h5-8,11,17H,4,9-10,12H2,1-3H3. The van der Waals surface area contributed by atoms with E-state index in [0.717, 1.165) is 37.5 Å². The van der Waals surface area contributed by atoms with Gasteiger partial charge in [0.25, 0.3) is 0 Å². The first-order chi connectivity index (χ1) is 9.76. The minimum atomic E-state index is 0.741. The molecule has 1 N–H and O–H groups in total. The summed E-state index contributed by atoms with van der Waals surface area (Å²) < 4.78 is 5.45. The Morgan fingerprint density at radius 3 is 2.85 bits per heavy atom. The maximum Gasteiger partial charge on any atom is 0.0726 e. The molecule has 108 valence electrons. The Kier molecular flexibility index (Phi) is 5.32. The van der Waals surface area contributed by atoms with E-state index in [1.165, 1.54) is 11.1 Å². The van der Waals surface area contributed by atoms with Crippen LogP contribution >= 0.6 is 0 Å². The van der Waals surface area contributed by atoms with E-state index >= 15 is 0 Å². The smallest absolute Gasteiger partial charge is 0.0726 e. The maximum atomic E-state index is 5.45. The number of fused-ring (bicyclic) bond motifs is 1. The fourth-order valence-electron chi connectivity index (χ4n) is 2.26. The first kappa shape index (κ1) is 14.8. The number of hydrogen-bond donors (Lipinski definition) is 1. The average molecular weight is 273 g/mol. The third-order valence-corrected chi connectivity index (χ3v) is 3.29. The molecule has 0 saturated heterocycles. The maximum absolute atomic E-state index is 5.45. The summed E-state index contributed by atoms with van der Waals surface area (Å²) in [4.78, 5) is 6.92. The monoisotopic (exact) mass is 273 g/mol. The van der Waals surface area contributed by atoms with Crippen LogP contribution < -0.4 is 10.2 Å². The van der Waals surface area contributed by atoms with Gasteiger partial charge in [-0.25, -0.2) is 0 Å². The van der Waals surface area contributed by atoms with E-state index in [9.17, 15) is 0 Å². The second-order valence-corrected chi connectivity index (χ2v) is 4.80. The van der Waals surface area contributed by atoms with Gasteiger partial charge in [-0.1, -0.05) is 18.2 Å². The van der Waals surface area contributed by atoms with Gasteiger partial charge >= 0.3 is 0 Å². The molecule has 20 heavy (non-hydrogen) atoms. The Morgan fingerprint density at radius 1 is 1.30 bits per heavy atom. The Labute approximate surface area is 120 Å². The van der Waals surface area contributed by atoms with Crippen molar-refractivity contribution in [1.82, 2.24) is 10.3 Å². The molecule has 0 aliphatic rings. The summed E-state index contributed by atoms with van der Waals surface area (Å²) in [6, 6.07) is 10.4. The van der Waals surface area contributed by atoms with Crippen LogP contribution in [0.4, 0.5) is 5.69 Å². The Morgan fingerprint density at radius 2 is 2.10 bits per heavy atom. The number of rotatable bonds is 7. The summed E-state index contributed by atoms with van der Waals surface area (Å²) in [6.07, 6.45) is 0. The molecule has 0 fully saturated rings. The van der Waals surface area contributed by atoms with Crippen molar-refractivity contribution in [3.63, 3.8) is 0 Å². The van der Waals surface area contributed by atoms with Gasteiger partial charge in [0.2, 0.25) is 0 Å². The molecule has 0 aliphatic carbocycles. The predicted molar refractivity (Wildman–Crippen MR) is 84.3 cm³/mol. The number of likely N-dealkylation sites (N-methyl/N-ethyl adjacent to an activating group) is 1. The summed E-state index contributed by atoms with van der Waals surface area (Å²) in [5.74, 6) is 0. The Bertz CT molecular complexity index is 556. The lowest BCUT2D eigenvalue weighted by molar-refractivity contribution is 0.154. The van der Waals surface area contributed by atoms with Gasteiger partial charge in [0.15, 0.2) is 0 Å². The SMILES string of the molecule is CCOCCN(C)c1cc(CNC)nc2ccccc12. The van der Waals surface area contributed by atoms with Gasteiger partial charge in [-0.05, 0) is 26.1 Å². The van der Waals surface area contributed by atoms with E-state index in [1.807, 2.05) is 20.0 Å². The van der Waals surface area contributed by atoms with Gasteiger partial charge in [-0.2, -0.15) is 0 Å². The molecule has 0 aliphatic heterocycles. The van der Waals surface area contributed by atoms with Crippen molar-refractivity contribution in [3.05, 3.63) is 36.0 Å². The van der Waals surface area contributed by atoms with Crippen molar-refractivity contribution < 1.29 is 4.74 Å². The second-order valence-electron chi connectivity index (χ2n) is 4.80. The molecular weight excluding hydrogens is 250 g/mol. The summed E-state index contributed by atoms with van der Waals surface area (Å²) in [7, 11) is 4.04. The molecule has 4 nitrogen and oxygen atoms in total. The summed E-state index contributed by atoms with van der Waals surface area (Å²) >= 11 is 0. The third kappa shape index (κ3) is 3.46. The van der Waals surface area contributed by atoms with Gasteiger partial charge in [0.1, 0.15) is 0 Å². The molecule has 0 radical (unpaired) electrons. The first-order valence-electron chi connectivity index (χ1n) is 7.08. The summed E-state index contributed by atoms with van der Waals surface area (Å²) in [6.45, 7) is 5.17. The average Bonchev–Trinajstić information content (AvgIpc) is 2.47. The number of para-hydroxylation sites is 1. The van der Waals surface area contributed by atoms with Gasteiger partial charge in [0, 0.05) is 37.8 Å². The van der Waals surface area contributed by atoms with E-state index in [1.54, 1.807) is 0 Å². The Hall–Kier alpha value is -1.65. The molecule has 4 heteroatoms. The van der Waals surface area contributed by atoms with Crippen LogP contribution in [0.3, 0.4) is 0 Å². The topological polar surface area (TPSA) is 37.4 Å². The van der Waals surface area contributed by atoms with Crippen LogP contribution in [0.15, 0.2) is 30.3 Å². The molecule has 0 unspecified atom stereocenters. The Balaban J connectivity index is 2.33. The molecule has 0 atom stereocenters. The molecular formula is C16H23N3O. The van der Waals surface area contributed by atoms with Crippen LogP contribution in [0.2, 0.25) is 0 Å². The fourth-order valence-corrected chi connectivity index (χ4v) is 2.26. The van der Waals surface area contributed by atoms with Gasteiger partial charge < -0.3 is 15.0 Å². The molecule has 1 aromatic heterocycles. The zero-order chi connectivity index (χ0) is 14.4. The normalized spacial score (nSPS) is 10.9. The number of pyridine rings is 1. The van der Waals surface area contributed by atoms with Crippen molar-refractivity contribution >= 4 is 16.6 Å². The van der Waals surface area contributed by atoms with E-state index in [2.05, 4.69) is 46.5 Å². The van der Waals surface area contributed by atoms with Crippen LogP contribution in [-0.2, 0) is 11.3 Å². The minimum Gasteiger partial charge on any atom is -0.380 e. The van der Waals surface area contributed by atoms with Crippen LogP contribution in [0.1, 0.15) is 12.6 Å². The minimum absolute atomic E-state index is 0.741. The molecule has 0 bridgehead atoms. The molecule has 1 heterocycles. The number of benzene rings is 1.